The average molecular weight is 243 g/mol. The van der Waals surface area contributed by atoms with Crippen LogP contribution in [0.4, 0.5) is 0 Å². The molecule has 96 valence electrons. The molecule has 0 aliphatic carbocycles. The fourth-order valence-corrected chi connectivity index (χ4v) is 1.85. The molecule has 0 aromatic heterocycles. The Balaban J connectivity index is 0.000000771. The summed E-state index contributed by atoms with van der Waals surface area (Å²) in [5, 5.41) is 0. The summed E-state index contributed by atoms with van der Waals surface area (Å²) in [6, 6.07) is 9.41. The van der Waals surface area contributed by atoms with Crippen LogP contribution in [-0.4, -0.2) is 23.9 Å². The molecule has 1 heterocycles. The molecule has 0 unspecified atom stereocenters. The predicted molar refractivity (Wildman–Crippen MR) is 76.6 cm³/mol. The first-order valence-corrected chi connectivity index (χ1v) is 6.47. The van der Waals surface area contributed by atoms with Crippen molar-refractivity contribution in [1.82, 2.24) is 4.90 Å². The molecule has 1 amide bonds. The lowest BCUT2D eigenvalue weighted by molar-refractivity contribution is 0.0767. The van der Waals surface area contributed by atoms with Crippen molar-refractivity contribution in [1.29, 1.82) is 0 Å². The van der Waals surface area contributed by atoms with Crippen LogP contribution in [0.25, 0.3) is 0 Å². The van der Waals surface area contributed by atoms with Gasteiger partial charge in [-0.1, -0.05) is 50.8 Å². The van der Waals surface area contributed by atoms with Gasteiger partial charge in [0.15, 0.2) is 0 Å². The number of amides is 1. The number of rotatable bonds is 2. The number of nitrogens with zero attached hydrogens (tertiary/aromatic N) is 1. The van der Waals surface area contributed by atoms with Crippen molar-refractivity contribution in [2.24, 2.45) is 0 Å². The Kier molecular flexibility index (Phi) is 5.92. The first-order chi connectivity index (χ1) is 8.81. The van der Waals surface area contributed by atoms with Gasteiger partial charge in [0.2, 0.25) is 0 Å². The Morgan fingerprint density at radius 1 is 1.28 bits per heavy atom. The third-order valence-electron chi connectivity index (χ3n) is 2.75. The third kappa shape index (κ3) is 3.59. The quantitative estimate of drug-likeness (QED) is 0.776. The summed E-state index contributed by atoms with van der Waals surface area (Å²) in [5.41, 5.74) is 1.89. The maximum Gasteiger partial charge on any atom is 0.254 e. The van der Waals surface area contributed by atoms with Crippen LogP contribution >= 0.6 is 0 Å². The standard InChI is InChI=1S/C14H15NO.C2H6/c1-2-12-7-6-10-15(11-12)14(16)13-8-4-3-5-9-13;1-2/h2-5,7-9H,1,6,10-11H2;1-2H3. The van der Waals surface area contributed by atoms with Crippen molar-refractivity contribution in [3.63, 3.8) is 0 Å². The van der Waals surface area contributed by atoms with Crippen LogP contribution in [0, 0.1) is 0 Å². The van der Waals surface area contributed by atoms with E-state index in [4.69, 9.17) is 0 Å². The Morgan fingerprint density at radius 2 is 1.94 bits per heavy atom. The topological polar surface area (TPSA) is 20.3 Å². The van der Waals surface area contributed by atoms with Gasteiger partial charge < -0.3 is 4.90 Å². The van der Waals surface area contributed by atoms with E-state index in [1.807, 2.05) is 55.2 Å². The molecular weight excluding hydrogens is 222 g/mol. The van der Waals surface area contributed by atoms with E-state index in [-0.39, 0.29) is 5.91 Å². The highest BCUT2D eigenvalue weighted by molar-refractivity contribution is 5.94. The van der Waals surface area contributed by atoms with Crippen LogP contribution < -0.4 is 0 Å². The first-order valence-electron chi connectivity index (χ1n) is 6.47. The largest absolute Gasteiger partial charge is 0.334 e. The Labute approximate surface area is 110 Å². The number of carbonyl (C=O) groups is 1. The maximum atomic E-state index is 12.1. The second kappa shape index (κ2) is 7.49. The zero-order valence-corrected chi connectivity index (χ0v) is 11.2. The molecule has 2 heteroatoms. The van der Waals surface area contributed by atoms with Crippen LogP contribution in [-0.2, 0) is 0 Å². The zero-order chi connectivity index (χ0) is 13.4. The van der Waals surface area contributed by atoms with Crippen LogP contribution in [0.15, 0.2) is 54.6 Å². The summed E-state index contributed by atoms with van der Waals surface area (Å²) in [5.74, 6) is 0.105. The second-order valence-corrected chi connectivity index (χ2v) is 3.86. The number of benzene rings is 1. The highest BCUT2D eigenvalue weighted by Crippen LogP contribution is 2.13. The lowest BCUT2D eigenvalue weighted by atomic mass is 10.1. The van der Waals surface area contributed by atoms with E-state index in [1.165, 1.54) is 0 Å². The Morgan fingerprint density at radius 3 is 2.56 bits per heavy atom. The molecule has 1 aliphatic rings. The summed E-state index contributed by atoms with van der Waals surface area (Å²) in [4.78, 5) is 14.0. The van der Waals surface area contributed by atoms with Crippen molar-refractivity contribution in [3.05, 3.63) is 60.2 Å². The number of carbonyl (C=O) groups excluding carboxylic acids is 1. The number of hydrogen-bond donors (Lipinski definition) is 0. The third-order valence-corrected chi connectivity index (χ3v) is 2.75. The zero-order valence-electron chi connectivity index (χ0n) is 11.2. The van der Waals surface area contributed by atoms with Gasteiger partial charge in [-0.25, -0.2) is 0 Å². The smallest absolute Gasteiger partial charge is 0.254 e. The molecule has 18 heavy (non-hydrogen) atoms. The van der Waals surface area contributed by atoms with Crippen LogP contribution in [0.1, 0.15) is 30.6 Å². The van der Waals surface area contributed by atoms with Crippen LogP contribution in [0.5, 0.6) is 0 Å². The van der Waals surface area contributed by atoms with Gasteiger partial charge in [0.05, 0.1) is 0 Å². The van der Waals surface area contributed by atoms with Gasteiger partial charge in [0.25, 0.3) is 5.91 Å². The molecule has 0 saturated heterocycles. The fraction of sp³-hybridized carbons (Fsp3) is 0.312. The summed E-state index contributed by atoms with van der Waals surface area (Å²) < 4.78 is 0. The second-order valence-electron chi connectivity index (χ2n) is 3.86. The lowest BCUT2D eigenvalue weighted by Crippen LogP contribution is -2.35. The van der Waals surface area contributed by atoms with Crippen molar-refractivity contribution < 1.29 is 4.79 Å². The first kappa shape index (κ1) is 14.2. The molecule has 1 aromatic rings. The number of hydrogen-bond acceptors (Lipinski definition) is 1. The van der Waals surface area contributed by atoms with Gasteiger partial charge in [-0.05, 0) is 24.1 Å². The van der Waals surface area contributed by atoms with Crippen molar-refractivity contribution in [2.75, 3.05) is 13.1 Å². The monoisotopic (exact) mass is 243 g/mol. The minimum atomic E-state index is 0.105. The van der Waals surface area contributed by atoms with E-state index >= 15 is 0 Å². The summed E-state index contributed by atoms with van der Waals surface area (Å²) >= 11 is 0. The highest BCUT2D eigenvalue weighted by Gasteiger charge is 2.17. The van der Waals surface area contributed by atoms with Crippen LogP contribution in [0.3, 0.4) is 0 Å². The Hall–Kier alpha value is -1.83. The van der Waals surface area contributed by atoms with E-state index in [2.05, 4.69) is 12.7 Å². The van der Waals surface area contributed by atoms with E-state index < -0.39 is 0 Å². The van der Waals surface area contributed by atoms with Gasteiger partial charge in [-0.15, -0.1) is 0 Å². The maximum absolute atomic E-state index is 12.1. The molecule has 1 aliphatic heterocycles. The van der Waals surface area contributed by atoms with E-state index in [9.17, 15) is 4.79 Å². The summed E-state index contributed by atoms with van der Waals surface area (Å²) in [6.45, 7) is 9.22. The molecular formula is C16H21NO. The van der Waals surface area contributed by atoms with Crippen molar-refractivity contribution in [2.45, 2.75) is 20.3 Å². The average Bonchev–Trinajstić information content (AvgIpc) is 2.49. The molecule has 0 bridgehead atoms. The molecule has 0 spiro atoms. The van der Waals surface area contributed by atoms with E-state index in [0.717, 1.165) is 24.1 Å². The minimum Gasteiger partial charge on any atom is -0.334 e. The van der Waals surface area contributed by atoms with Gasteiger partial charge in [0, 0.05) is 18.7 Å². The molecule has 2 nitrogen and oxygen atoms in total. The fourth-order valence-electron chi connectivity index (χ4n) is 1.85. The van der Waals surface area contributed by atoms with Gasteiger partial charge in [0.1, 0.15) is 0 Å². The normalized spacial score (nSPS) is 14.1. The SMILES string of the molecule is C=CC1=CCCN(C(=O)c2ccccc2)C1.CC. The van der Waals surface area contributed by atoms with E-state index in [0.29, 0.717) is 6.54 Å². The van der Waals surface area contributed by atoms with Crippen molar-refractivity contribution >= 4 is 5.91 Å². The minimum absolute atomic E-state index is 0.105. The Bertz CT molecular complexity index is 420. The van der Waals surface area contributed by atoms with Crippen LogP contribution in [0.2, 0.25) is 0 Å². The molecule has 0 saturated carbocycles. The predicted octanol–water partition coefficient (Wildman–Crippen LogP) is 3.67. The van der Waals surface area contributed by atoms with Gasteiger partial charge >= 0.3 is 0 Å². The summed E-state index contributed by atoms with van der Waals surface area (Å²) in [7, 11) is 0. The molecule has 0 atom stereocenters. The molecule has 0 N–H and O–H groups in total. The highest BCUT2D eigenvalue weighted by atomic mass is 16.2. The molecule has 2 rings (SSSR count). The van der Waals surface area contributed by atoms with Gasteiger partial charge in [-0.3, -0.25) is 4.79 Å². The van der Waals surface area contributed by atoms with Crippen molar-refractivity contribution in [3.8, 4) is 0 Å². The van der Waals surface area contributed by atoms with E-state index in [1.54, 1.807) is 0 Å². The molecule has 0 fully saturated rings. The molecule has 0 radical (unpaired) electrons. The lowest BCUT2D eigenvalue weighted by Gasteiger charge is -2.26. The summed E-state index contributed by atoms with van der Waals surface area (Å²) in [6.07, 6.45) is 4.88. The van der Waals surface area contributed by atoms with Gasteiger partial charge in [-0.2, -0.15) is 0 Å². The molecule has 1 aromatic carbocycles.